The summed E-state index contributed by atoms with van der Waals surface area (Å²) in [5.41, 5.74) is 3.31. The molecule has 5 nitrogen and oxygen atoms in total. The molecule has 0 spiro atoms. The van der Waals surface area contributed by atoms with Crippen molar-refractivity contribution >= 4 is 56.0 Å². The van der Waals surface area contributed by atoms with E-state index in [1.54, 1.807) is 36.4 Å². The number of ether oxygens (including phenoxy) is 2. The molecule has 1 aliphatic rings. The van der Waals surface area contributed by atoms with Crippen molar-refractivity contribution in [2.24, 2.45) is 0 Å². The highest BCUT2D eigenvalue weighted by molar-refractivity contribution is 14.1. The zero-order valence-corrected chi connectivity index (χ0v) is 23.1. The Labute approximate surface area is 223 Å². The van der Waals surface area contributed by atoms with Gasteiger partial charge in [-0.2, -0.15) is 0 Å². The summed E-state index contributed by atoms with van der Waals surface area (Å²) in [6.07, 6.45) is 2.01. The quantitative estimate of drug-likeness (QED) is 0.214. The number of nitrogens with zero attached hydrogens (tertiary/aromatic N) is 1. The van der Waals surface area contributed by atoms with Gasteiger partial charge >= 0.3 is 0 Å². The Kier molecular flexibility index (Phi) is 7.63. The van der Waals surface area contributed by atoms with Crippen molar-refractivity contribution in [3.63, 3.8) is 0 Å². The second-order valence-electron chi connectivity index (χ2n) is 8.17. The number of alkyl halides is 1. The second kappa shape index (κ2) is 10.4. The molecule has 0 aromatic heterocycles. The molecular formula is C26H24ClFINO4S. The van der Waals surface area contributed by atoms with E-state index in [0.29, 0.717) is 21.6 Å². The van der Waals surface area contributed by atoms with Crippen molar-refractivity contribution in [2.75, 3.05) is 15.8 Å². The van der Waals surface area contributed by atoms with Crippen molar-refractivity contribution in [1.82, 2.24) is 0 Å². The monoisotopic (exact) mass is 627 g/mol. The lowest BCUT2D eigenvalue weighted by Gasteiger charge is -2.36. The van der Waals surface area contributed by atoms with E-state index in [9.17, 15) is 12.8 Å². The first-order valence-electron chi connectivity index (χ1n) is 10.8. The van der Waals surface area contributed by atoms with Crippen LogP contribution in [0.2, 0.25) is 5.02 Å². The molecular weight excluding hydrogens is 604 g/mol. The molecule has 0 aliphatic carbocycles. The molecule has 1 aliphatic heterocycles. The summed E-state index contributed by atoms with van der Waals surface area (Å²) in [6, 6.07) is 14.1. The minimum atomic E-state index is -3.94. The summed E-state index contributed by atoms with van der Waals surface area (Å²) in [6.45, 7) is 3.63. The number of sulfonamides is 1. The largest absolute Gasteiger partial charge is 0.496 e. The summed E-state index contributed by atoms with van der Waals surface area (Å²) >= 11 is 8.36. The average Bonchev–Trinajstić information content (AvgIpc) is 2.83. The fraction of sp³-hybridized carbons (Fsp3) is 0.231. The van der Waals surface area contributed by atoms with E-state index in [-0.39, 0.29) is 22.1 Å². The van der Waals surface area contributed by atoms with Gasteiger partial charge in [0.1, 0.15) is 23.9 Å². The first kappa shape index (κ1) is 25.8. The molecule has 0 saturated heterocycles. The molecule has 9 heteroatoms. The molecule has 184 valence electrons. The SMILES string of the molecule is COc1cc(S(=O)(=O)N2c3cc(OCc4c(F)cccc4Cl)ccc3C=C(CI)[C@H]2C)ccc1C. The van der Waals surface area contributed by atoms with Crippen LogP contribution in [-0.2, 0) is 16.6 Å². The smallest absolute Gasteiger partial charge is 0.265 e. The molecule has 0 unspecified atom stereocenters. The highest BCUT2D eigenvalue weighted by Crippen LogP contribution is 2.40. The van der Waals surface area contributed by atoms with Gasteiger partial charge in [-0.25, -0.2) is 12.8 Å². The van der Waals surface area contributed by atoms with Crippen LogP contribution >= 0.6 is 34.2 Å². The number of benzene rings is 3. The lowest BCUT2D eigenvalue weighted by Crippen LogP contribution is -2.42. The highest BCUT2D eigenvalue weighted by Gasteiger charge is 2.35. The second-order valence-corrected chi connectivity index (χ2v) is 11.2. The van der Waals surface area contributed by atoms with Gasteiger partial charge in [-0.1, -0.05) is 52.4 Å². The van der Waals surface area contributed by atoms with E-state index in [0.717, 1.165) is 16.7 Å². The highest BCUT2D eigenvalue weighted by atomic mass is 127. The van der Waals surface area contributed by atoms with Gasteiger partial charge in [0.15, 0.2) is 0 Å². The van der Waals surface area contributed by atoms with E-state index >= 15 is 0 Å². The predicted molar refractivity (Wildman–Crippen MR) is 146 cm³/mol. The third-order valence-corrected chi connectivity index (χ3v) is 9.12. The van der Waals surface area contributed by atoms with E-state index < -0.39 is 21.9 Å². The molecule has 35 heavy (non-hydrogen) atoms. The number of hydrogen-bond donors (Lipinski definition) is 0. The van der Waals surface area contributed by atoms with Gasteiger partial charge < -0.3 is 9.47 Å². The van der Waals surface area contributed by atoms with Gasteiger partial charge in [0.05, 0.1) is 28.8 Å². The Bertz CT molecular complexity index is 1390. The van der Waals surface area contributed by atoms with E-state index in [2.05, 4.69) is 22.6 Å². The number of methoxy groups -OCH3 is 1. The first-order valence-corrected chi connectivity index (χ1v) is 14.2. The molecule has 0 saturated carbocycles. The Morgan fingerprint density at radius 2 is 1.91 bits per heavy atom. The van der Waals surface area contributed by atoms with Crippen LogP contribution in [0.3, 0.4) is 0 Å². The summed E-state index contributed by atoms with van der Waals surface area (Å²) in [4.78, 5) is 0.136. The first-order chi connectivity index (χ1) is 16.7. The van der Waals surface area contributed by atoms with E-state index in [1.165, 1.54) is 23.5 Å². The fourth-order valence-electron chi connectivity index (χ4n) is 3.99. The van der Waals surface area contributed by atoms with Crippen molar-refractivity contribution in [1.29, 1.82) is 0 Å². The van der Waals surface area contributed by atoms with Gasteiger partial charge in [-0.05, 0) is 60.9 Å². The topological polar surface area (TPSA) is 55.8 Å². The summed E-state index contributed by atoms with van der Waals surface area (Å²) < 4.78 is 55.3. The van der Waals surface area contributed by atoms with Crippen LogP contribution < -0.4 is 13.8 Å². The van der Waals surface area contributed by atoms with Crippen molar-refractivity contribution < 1.29 is 22.3 Å². The minimum absolute atomic E-state index is 0.0867. The Balaban J connectivity index is 1.76. The number of hydrogen-bond acceptors (Lipinski definition) is 4. The zero-order chi connectivity index (χ0) is 25.3. The number of rotatable bonds is 7. The fourth-order valence-corrected chi connectivity index (χ4v) is 6.76. The Morgan fingerprint density at radius 1 is 1.14 bits per heavy atom. The lowest BCUT2D eigenvalue weighted by molar-refractivity contribution is 0.300. The van der Waals surface area contributed by atoms with Gasteiger partial charge in [0.2, 0.25) is 0 Å². The number of halogens is 3. The molecule has 0 radical (unpaired) electrons. The lowest BCUT2D eigenvalue weighted by atomic mass is 10.00. The normalized spacial score (nSPS) is 15.4. The van der Waals surface area contributed by atoms with Crippen LogP contribution in [0.15, 0.2) is 65.1 Å². The zero-order valence-electron chi connectivity index (χ0n) is 19.4. The van der Waals surface area contributed by atoms with Crippen LogP contribution in [0.4, 0.5) is 10.1 Å². The molecule has 1 atom stereocenters. The maximum Gasteiger partial charge on any atom is 0.265 e. The Hall–Kier alpha value is -2.30. The standard InChI is InChI=1S/C26H24ClFINO4S/c1-16-7-10-21(13-26(16)33-3)35(31,32)30-17(2)19(14-29)11-18-8-9-20(12-25(18)30)34-15-22-23(27)5-4-6-24(22)28/h4-13,17H,14-15H2,1-3H3/t17-/m1/s1. The van der Waals surface area contributed by atoms with E-state index in [4.69, 9.17) is 21.1 Å². The molecule has 0 N–H and O–H groups in total. The predicted octanol–water partition coefficient (Wildman–Crippen LogP) is 6.79. The van der Waals surface area contributed by atoms with Gasteiger partial charge in [-0.15, -0.1) is 0 Å². The van der Waals surface area contributed by atoms with Gasteiger partial charge in [0.25, 0.3) is 10.0 Å². The number of fused-ring (bicyclic) bond motifs is 1. The van der Waals surface area contributed by atoms with Crippen molar-refractivity contribution in [3.8, 4) is 11.5 Å². The maximum atomic E-state index is 14.2. The summed E-state index contributed by atoms with van der Waals surface area (Å²) in [7, 11) is -2.43. The summed E-state index contributed by atoms with van der Waals surface area (Å²) in [5, 5.41) is 0.267. The molecule has 0 fully saturated rings. The molecule has 3 aromatic rings. The van der Waals surface area contributed by atoms with Crippen LogP contribution in [0.25, 0.3) is 6.08 Å². The molecule has 4 rings (SSSR count). The van der Waals surface area contributed by atoms with Crippen LogP contribution in [0.5, 0.6) is 11.5 Å². The Morgan fingerprint density at radius 3 is 2.60 bits per heavy atom. The van der Waals surface area contributed by atoms with Crippen LogP contribution in [-0.4, -0.2) is 26.0 Å². The van der Waals surface area contributed by atoms with Crippen molar-refractivity contribution in [3.05, 3.63) is 87.7 Å². The number of anilines is 1. The van der Waals surface area contributed by atoms with Crippen LogP contribution in [0, 0.1) is 12.7 Å². The average molecular weight is 628 g/mol. The molecule has 0 bridgehead atoms. The molecule has 3 aromatic carbocycles. The van der Waals surface area contributed by atoms with Gasteiger partial charge in [-0.3, -0.25) is 4.31 Å². The maximum absolute atomic E-state index is 14.2. The third kappa shape index (κ3) is 5.01. The third-order valence-electron chi connectivity index (χ3n) is 6.00. The van der Waals surface area contributed by atoms with E-state index in [1.807, 2.05) is 26.0 Å². The minimum Gasteiger partial charge on any atom is -0.496 e. The van der Waals surface area contributed by atoms with Gasteiger partial charge in [0, 0.05) is 22.1 Å². The number of aryl methyl sites for hydroxylation is 1. The summed E-state index contributed by atoms with van der Waals surface area (Å²) in [5.74, 6) is 0.443. The molecule has 1 heterocycles. The molecule has 0 amide bonds. The van der Waals surface area contributed by atoms with Crippen molar-refractivity contribution in [2.45, 2.75) is 31.4 Å². The van der Waals surface area contributed by atoms with Crippen LogP contribution in [0.1, 0.15) is 23.6 Å².